The van der Waals surface area contributed by atoms with Crippen molar-refractivity contribution >= 4 is 5.91 Å². The SMILES string of the molecule is Cc1ccc(OC(C)C(=O)NCc2nc(-c3ccccc3)no2)cc1. The van der Waals surface area contributed by atoms with Gasteiger partial charge in [-0.3, -0.25) is 4.79 Å². The molecule has 6 heteroatoms. The highest BCUT2D eigenvalue weighted by Crippen LogP contribution is 2.15. The minimum atomic E-state index is -0.626. The third-order valence-corrected chi connectivity index (χ3v) is 3.62. The van der Waals surface area contributed by atoms with Gasteiger partial charge in [0.05, 0.1) is 6.54 Å². The summed E-state index contributed by atoms with van der Waals surface area (Å²) in [5, 5.41) is 6.65. The van der Waals surface area contributed by atoms with Crippen LogP contribution in [0.15, 0.2) is 59.1 Å². The molecule has 1 N–H and O–H groups in total. The van der Waals surface area contributed by atoms with Gasteiger partial charge in [-0.2, -0.15) is 4.98 Å². The van der Waals surface area contributed by atoms with Crippen LogP contribution < -0.4 is 10.1 Å². The Bertz CT molecular complexity index is 829. The van der Waals surface area contributed by atoms with Gasteiger partial charge in [-0.1, -0.05) is 53.2 Å². The summed E-state index contributed by atoms with van der Waals surface area (Å²) in [7, 11) is 0. The van der Waals surface area contributed by atoms with Crippen LogP contribution in [0, 0.1) is 6.92 Å². The van der Waals surface area contributed by atoms with Crippen LogP contribution in [0.1, 0.15) is 18.4 Å². The normalized spacial score (nSPS) is 11.8. The summed E-state index contributed by atoms with van der Waals surface area (Å²) >= 11 is 0. The predicted molar refractivity (Wildman–Crippen MR) is 92.8 cm³/mol. The third kappa shape index (κ3) is 4.44. The zero-order valence-electron chi connectivity index (χ0n) is 14.1. The van der Waals surface area contributed by atoms with E-state index in [0.717, 1.165) is 11.1 Å². The zero-order chi connectivity index (χ0) is 17.6. The topological polar surface area (TPSA) is 77.2 Å². The summed E-state index contributed by atoms with van der Waals surface area (Å²) in [5.41, 5.74) is 2.00. The van der Waals surface area contributed by atoms with Gasteiger partial charge in [0.15, 0.2) is 6.10 Å². The molecule has 1 aromatic heterocycles. The first-order valence-electron chi connectivity index (χ1n) is 8.01. The standard InChI is InChI=1S/C19H19N3O3/c1-13-8-10-16(11-9-13)24-14(2)19(23)20-12-17-21-18(22-25-17)15-6-4-3-5-7-15/h3-11,14H,12H2,1-2H3,(H,20,23). The van der Waals surface area contributed by atoms with Crippen LogP contribution in [0.2, 0.25) is 0 Å². The number of nitrogens with one attached hydrogen (secondary N) is 1. The fourth-order valence-corrected chi connectivity index (χ4v) is 2.21. The second kappa shape index (κ2) is 7.61. The monoisotopic (exact) mass is 337 g/mol. The summed E-state index contributed by atoms with van der Waals surface area (Å²) in [6.07, 6.45) is -0.626. The van der Waals surface area contributed by atoms with Gasteiger partial charge in [0, 0.05) is 5.56 Å². The summed E-state index contributed by atoms with van der Waals surface area (Å²) < 4.78 is 10.8. The van der Waals surface area contributed by atoms with Crippen molar-refractivity contribution in [1.82, 2.24) is 15.5 Å². The lowest BCUT2D eigenvalue weighted by Crippen LogP contribution is -2.35. The van der Waals surface area contributed by atoms with E-state index >= 15 is 0 Å². The molecule has 1 atom stereocenters. The minimum Gasteiger partial charge on any atom is -0.481 e. The molecule has 3 aromatic rings. The molecule has 0 aliphatic rings. The van der Waals surface area contributed by atoms with E-state index in [1.165, 1.54) is 0 Å². The Morgan fingerprint density at radius 1 is 1.16 bits per heavy atom. The Balaban J connectivity index is 1.53. The molecule has 25 heavy (non-hydrogen) atoms. The van der Waals surface area contributed by atoms with Crippen LogP contribution in [0.25, 0.3) is 11.4 Å². The van der Waals surface area contributed by atoms with Crippen LogP contribution >= 0.6 is 0 Å². The Hall–Kier alpha value is -3.15. The molecule has 3 rings (SSSR count). The summed E-state index contributed by atoms with van der Waals surface area (Å²) in [6.45, 7) is 3.84. The van der Waals surface area contributed by atoms with Crippen molar-refractivity contribution in [2.24, 2.45) is 0 Å². The zero-order valence-corrected chi connectivity index (χ0v) is 14.1. The second-order valence-corrected chi connectivity index (χ2v) is 5.67. The number of aryl methyl sites for hydroxylation is 1. The number of carbonyl (C=O) groups excluding carboxylic acids is 1. The van der Waals surface area contributed by atoms with Crippen molar-refractivity contribution in [3.05, 3.63) is 66.1 Å². The maximum Gasteiger partial charge on any atom is 0.261 e. The molecule has 1 amide bonds. The molecule has 0 spiro atoms. The van der Waals surface area contributed by atoms with Gasteiger partial charge in [0.2, 0.25) is 11.7 Å². The average Bonchev–Trinajstić information content (AvgIpc) is 3.11. The van der Waals surface area contributed by atoms with Crippen LogP contribution in [-0.2, 0) is 11.3 Å². The van der Waals surface area contributed by atoms with E-state index in [2.05, 4.69) is 15.5 Å². The number of amides is 1. The molecule has 0 aliphatic carbocycles. The highest BCUT2D eigenvalue weighted by molar-refractivity contribution is 5.80. The molecule has 128 valence electrons. The molecule has 0 saturated carbocycles. The highest BCUT2D eigenvalue weighted by atomic mass is 16.5. The number of rotatable bonds is 6. The molecule has 0 radical (unpaired) electrons. The molecule has 0 fully saturated rings. The van der Waals surface area contributed by atoms with E-state index in [-0.39, 0.29) is 12.5 Å². The van der Waals surface area contributed by atoms with Gasteiger partial charge in [-0.15, -0.1) is 0 Å². The Morgan fingerprint density at radius 3 is 2.60 bits per heavy atom. The number of aromatic nitrogens is 2. The smallest absolute Gasteiger partial charge is 0.261 e. The minimum absolute atomic E-state index is 0.153. The molecule has 6 nitrogen and oxygen atoms in total. The van der Waals surface area contributed by atoms with Crippen molar-refractivity contribution in [2.75, 3.05) is 0 Å². The van der Waals surface area contributed by atoms with Crippen molar-refractivity contribution in [2.45, 2.75) is 26.5 Å². The van der Waals surface area contributed by atoms with E-state index in [9.17, 15) is 4.79 Å². The quantitative estimate of drug-likeness (QED) is 0.748. The maximum atomic E-state index is 12.1. The first kappa shape index (κ1) is 16.7. The number of hydrogen-bond donors (Lipinski definition) is 1. The molecule has 0 bridgehead atoms. The van der Waals surface area contributed by atoms with Crippen LogP contribution in [0.3, 0.4) is 0 Å². The molecule has 1 heterocycles. The Morgan fingerprint density at radius 2 is 1.88 bits per heavy atom. The number of nitrogens with zero attached hydrogens (tertiary/aromatic N) is 2. The Labute approximate surface area is 145 Å². The van der Waals surface area contributed by atoms with E-state index < -0.39 is 6.10 Å². The van der Waals surface area contributed by atoms with Gasteiger partial charge >= 0.3 is 0 Å². The van der Waals surface area contributed by atoms with E-state index in [1.54, 1.807) is 6.92 Å². The molecular formula is C19H19N3O3. The highest BCUT2D eigenvalue weighted by Gasteiger charge is 2.16. The first-order chi connectivity index (χ1) is 12.1. The molecule has 0 saturated heterocycles. The number of hydrogen-bond acceptors (Lipinski definition) is 5. The molecule has 1 unspecified atom stereocenters. The van der Waals surface area contributed by atoms with E-state index in [1.807, 2.05) is 61.5 Å². The second-order valence-electron chi connectivity index (χ2n) is 5.67. The first-order valence-corrected chi connectivity index (χ1v) is 8.01. The average molecular weight is 337 g/mol. The van der Waals surface area contributed by atoms with Crippen LogP contribution in [0.5, 0.6) is 5.75 Å². The number of ether oxygens (including phenoxy) is 1. The van der Waals surface area contributed by atoms with Gasteiger partial charge in [-0.25, -0.2) is 0 Å². The Kier molecular flexibility index (Phi) is 5.09. The molecule has 0 aliphatic heterocycles. The fraction of sp³-hybridized carbons (Fsp3) is 0.211. The maximum absolute atomic E-state index is 12.1. The van der Waals surface area contributed by atoms with E-state index in [0.29, 0.717) is 17.5 Å². The van der Waals surface area contributed by atoms with E-state index in [4.69, 9.17) is 9.26 Å². The van der Waals surface area contributed by atoms with Gasteiger partial charge in [0.1, 0.15) is 5.75 Å². The van der Waals surface area contributed by atoms with Crippen molar-refractivity contribution in [1.29, 1.82) is 0 Å². The largest absolute Gasteiger partial charge is 0.481 e. The lowest BCUT2D eigenvalue weighted by molar-refractivity contribution is -0.127. The number of carbonyl (C=O) groups is 1. The summed E-state index contributed by atoms with van der Waals surface area (Å²) in [4.78, 5) is 16.4. The molecular weight excluding hydrogens is 318 g/mol. The summed E-state index contributed by atoms with van der Waals surface area (Å²) in [5.74, 6) is 1.24. The lowest BCUT2D eigenvalue weighted by Gasteiger charge is -2.14. The molecule has 2 aromatic carbocycles. The van der Waals surface area contributed by atoms with Crippen molar-refractivity contribution in [3.63, 3.8) is 0 Å². The lowest BCUT2D eigenvalue weighted by atomic mass is 10.2. The number of benzene rings is 2. The predicted octanol–water partition coefficient (Wildman–Crippen LogP) is 3.13. The van der Waals surface area contributed by atoms with Gasteiger partial charge < -0.3 is 14.6 Å². The van der Waals surface area contributed by atoms with Gasteiger partial charge in [0.25, 0.3) is 5.91 Å². The van der Waals surface area contributed by atoms with Crippen molar-refractivity contribution in [3.8, 4) is 17.1 Å². The fourth-order valence-electron chi connectivity index (χ4n) is 2.21. The third-order valence-electron chi connectivity index (χ3n) is 3.62. The van der Waals surface area contributed by atoms with Gasteiger partial charge in [-0.05, 0) is 26.0 Å². The van der Waals surface area contributed by atoms with Crippen LogP contribution in [0.4, 0.5) is 0 Å². The van der Waals surface area contributed by atoms with Crippen molar-refractivity contribution < 1.29 is 14.1 Å². The van der Waals surface area contributed by atoms with Crippen LogP contribution in [-0.4, -0.2) is 22.2 Å². The summed E-state index contributed by atoms with van der Waals surface area (Å²) in [6, 6.07) is 17.0.